The standard InChI is InChI=1S/C11H13N.C10H11N.H2O4S/c12-11-6-4-10(5-7-11)8-9-2-1-3-9;11-10-6-4-9(5-7-10)8-2-1-3-8;1-5(2,3)4/h2,4-7H,1,3,8,12H2;2,4-7H,1,3,11H2;(H2,1,2,3,4). The topological polar surface area (TPSA) is 127 Å². The Labute approximate surface area is 166 Å². The SMILES string of the molecule is Nc1ccc(C2=CCC2)cc1.Nc1ccc(CC2=CCC2)cc1.O=S(=O)(O)O. The molecule has 0 aromatic heterocycles. The third-order valence-corrected chi connectivity index (χ3v) is 4.40. The first-order valence-corrected chi connectivity index (χ1v) is 10.4. The van der Waals surface area contributed by atoms with Gasteiger partial charge in [0.2, 0.25) is 0 Å². The van der Waals surface area contributed by atoms with Gasteiger partial charge in [-0.3, -0.25) is 9.11 Å². The van der Waals surface area contributed by atoms with Crippen LogP contribution in [0.2, 0.25) is 0 Å². The molecule has 0 unspecified atom stereocenters. The molecule has 0 fully saturated rings. The van der Waals surface area contributed by atoms with E-state index in [1.54, 1.807) is 5.57 Å². The van der Waals surface area contributed by atoms with E-state index in [2.05, 4.69) is 36.4 Å². The average molecular weight is 403 g/mol. The fraction of sp³-hybridized carbons (Fsp3) is 0.238. The zero-order valence-electron chi connectivity index (χ0n) is 15.6. The summed E-state index contributed by atoms with van der Waals surface area (Å²) in [7, 11) is -4.67. The molecule has 6 N–H and O–H groups in total. The molecule has 0 atom stereocenters. The Kier molecular flexibility index (Phi) is 7.80. The Hall–Kier alpha value is -2.61. The Morgan fingerprint density at radius 1 is 0.786 bits per heavy atom. The summed E-state index contributed by atoms with van der Waals surface area (Å²) in [5.74, 6) is 0. The molecule has 2 aromatic rings. The van der Waals surface area contributed by atoms with Gasteiger partial charge in [-0.1, -0.05) is 42.0 Å². The van der Waals surface area contributed by atoms with Crippen LogP contribution < -0.4 is 11.5 Å². The van der Waals surface area contributed by atoms with Crippen LogP contribution in [-0.2, 0) is 16.8 Å². The number of benzene rings is 2. The molecular formula is C21H26N2O4S. The van der Waals surface area contributed by atoms with Crippen LogP contribution in [0.25, 0.3) is 5.57 Å². The zero-order valence-corrected chi connectivity index (χ0v) is 16.4. The number of nitrogens with two attached hydrogens (primary N) is 2. The molecule has 0 amide bonds. The van der Waals surface area contributed by atoms with Crippen LogP contribution in [-0.4, -0.2) is 17.5 Å². The van der Waals surface area contributed by atoms with Gasteiger partial charge in [0.05, 0.1) is 0 Å². The van der Waals surface area contributed by atoms with E-state index in [1.807, 2.05) is 24.3 Å². The third-order valence-electron chi connectivity index (χ3n) is 4.40. The first-order chi connectivity index (χ1) is 13.2. The molecule has 0 heterocycles. The van der Waals surface area contributed by atoms with Crippen LogP contribution in [0.4, 0.5) is 11.4 Å². The molecule has 0 spiro atoms. The molecule has 2 aliphatic rings. The molecule has 2 aromatic carbocycles. The summed E-state index contributed by atoms with van der Waals surface area (Å²) in [6, 6.07) is 16.2. The van der Waals surface area contributed by atoms with Crippen LogP contribution in [0.15, 0.2) is 66.3 Å². The van der Waals surface area contributed by atoms with Gasteiger partial charge < -0.3 is 11.5 Å². The van der Waals surface area contributed by atoms with Crippen molar-refractivity contribution in [2.24, 2.45) is 0 Å². The van der Waals surface area contributed by atoms with Gasteiger partial charge in [0.1, 0.15) is 0 Å². The number of rotatable bonds is 3. The maximum absolute atomic E-state index is 8.74. The largest absolute Gasteiger partial charge is 0.399 e. The normalized spacial score (nSPS) is 14.6. The summed E-state index contributed by atoms with van der Waals surface area (Å²) in [4.78, 5) is 0. The molecule has 0 saturated heterocycles. The van der Waals surface area contributed by atoms with Gasteiger partial charge >= 0.3 is 10.4 Å². The number of hydrogen-bond acceptors (Lipinski definition) is 4. The van der Waals surface area contributed by atoms with Gasteiger partial charge in [-0.25, -0.2) is 0 Å². The van der Waals surface area contributed by atoms with Crippen molar-refractivity contribution in [1.29, 1.82) is 0 Å². The van der Waals surface area contributed by atoms with E-state index < -0.39 is 10.4 Å². The molecule has 28 heavy (non-hydrogen) atoms. The highest BCUT2D eigenvalue weighted by atomic mass is 32.3. The number of hydrogen-bond donors (Lipinski definition) is 4. The fourth-order valence-corrected chi connectivity index (χ4v) is 2.65. The van der Waals surface area contributed by atoms with E-state index in [4.69, 9.17) is 29.0 Å². The maximum Gasteiger partial charge on any atom is 0.394 e. The fourth-order valence-electron chi connectivity index (χ4n) is 2.65. The van der Waals surface area contributed by atoms with Gasteiger partial charge in [0.25, 0.3) is 0 Å². The molecule has 0 bridgehead atoms. The number of allylic oxidation sites excluding steroid dienone is 4. The van der Waals surface area contributed by atoms with Crippen molar-refractivity contribution in [2.45, 2.75) is 32.1 Å². The van der Waals surface area contributed by atoms with Crippen molar-refractivity contribution in [3.05, 3.63) is 77.4 Å². The van der Waals surface area contributed by atoms with Crippen LogP contribution in [0, 0.1) is 0 Å². The lowest BCUT2D eigenvalue weighted by Crippen LogP contribution is -1.98. The highest BCUT2D eigenvalue weighted by Crippen LogP contribution is 2.28. The van der Waals surface area contributed by atoms with Crippen LogP contribution in [0.5, 0.6) is 0 Å². The molecule has 2 aliphatic carbocycles. The smallest absolute Gasteiger partial charge is 0.394 e. The summed E-state index contributed by atoms with van der Waals surface area (Å²) in [5.41, 5.74) is 18.6. The van der Waals surface area contributed by atoms with E-state index >= 15 is 0 Å². The van der Waals surface area contributed by atoms with Gasteiger partial charge in [-0.15, -0.1) is 0 Å². The second kappa shape index (κ2) is 10.1. The lowest BCUT2D eigenvalue weighted by atomic mass is 9.92. The molecule has 0 saturated carbocycles. The highest BCUT2D eigenvalue weighted by molar-refractivity contribution is 7.79. The monoisotopic (exact) mass is 402 g/mol. The summed E-state index contributed by atoms with van der Waals surface area (Å²) in [6.07, 6.45) is 10.7. The van der Waals surface area contributed by atoms with E-state index in [-0.39, 0.29) is 0 Å². The predicted octanol–water partition coefficient (Wildman–Crippen LogP) is 4.32. The van der Waals surface area contributed by atoms with Gasteiger partial charge in [-0.05, 0) is 73.1 Å². The first-order valence-electron chi connectivity index (χ1n) is 8.98. The van der Waals surface area contributed by atoms with Crippen LogP contribution in [0.3, 0.4) is 0 Å². The minimum atomic E-state index is -4.67. The van der Waals surface area contributed by atoms with Crippen molar-refractivity contribution in [3.8, 4) is 0 Å². The minimum absolute atomic E-state index is 0.841. The molecule has 7 heteroatoms. The van der Waals surface area contributed by atoms with Crippen LogP contribution >= 0.6 is 0 Å². The lowest BCUT2D eigenvalue weighted by Gasteiger charge is -2.14. The van der Waals surface area contributed by atoms with Gasteiger partial charge in [-0.2, -0.15) is 8.42 Å². The maximum atomic E-state index is 8.74. The molecule has 4 rings (SSSR count). The van der Waals surface area contributed by atoms with Crippen molar-refractivity contribution < 1.29 is 17.5 Å². The Morgan fingerprint density at radius 3 is 1.57 bits per heavy atom. The van der Waals surface area contributed by atoms with Crippen molar-refractivity contribution in [1.82, 2.24) is 0 Å². The second-order valence-electron chi connectivity index (χ2n) is 6.66. The number of nitrogen functional groups attached to an aromatic ring is 2. The quantitative estimate of drug-likeness (QED) is 0.344. The Balaban J connectivity index is 0.000000164. The number of anilines is 2. The lowest BCUT2D eigenvalue weighted by molar-refractivity contribution is 0.381. The van der Waals surface area contributed by atoms with Crippen molar-refractivity contribution >= 4 is 27.3 Å². The summed E-state index contributed by atoms with van der Waals surface area (Å²) < 4.78 is 31.6. The summed E-state index contributed by atoms with van der Waals surface area (Å²) in [6.45, 7) is 0. The predicted molar refractivity (Wildman–Crippen MR) is 114 cm³/mol. The average Bonchev–Trinajstić information content (AvgIpc) is 2.52. The Bertz CT molecular complexity index is 923. The van der Waals surface area contributed by atoms with E-state index in [0.29, 0.717) is 0 Å². The van der Waals surface area contributed by atoms with Crippen LogP contribution in [0.1, 0.15) is 36.8 Å². The molecule has 6 nitrogen and oxygen atoms in total. The Morgan fingerprint density at radius 2 is 1.21 bits per heavy atom. The van der Waals surface area contributed by atoms with Crippen molar-refractivity contribution in [3.63, 3.8) is 0 Å². The highest BCUT2D eigenvalue weighted by Gasteiger charge is 2.07. The summed E-state index contributed by atoms with van der Waals surface area (Å²) in [5, 5.41) is 0. The third kappa shape index (κ3) is 8.39. The van der Waals surface area contributed by atoms with Crippen molar-refractivity contribution in [2.75, 3.05) is 11.5 Å². The van der Waals surface area contributed by atoms with E-state index in [9.17, 15) is 0 Å². The van der Waals surface area contributed by atoms with E-state index in [1.165, 1.54) is 42.4 Å². The first kappa shape index (κ1) is 21.7. The minimum Gasteiger partial charge on any atom is -0.399 e. The van der Waals surface area contributed by atoms with E-state index in [0.717, 1.165) is 17.8 Å². The second-order valence-corrected chi connectivity index (χ2v) is 7.55. The molecule has 150 valence electrons. The molecule has 0 aliphatic heterocycles. The van der Waals surface area contributed by atoms with Gasteiger partial charge in [0.15, 0.2) is 0 Å². The molecule has 0 radical (unpaired) electrons. The molecular weight excluding hydrogens is 376 g/mol. The van der Waals surface area contributed by atoms with Gasteiger partial charge in [0, 0.05) is 11.4 Å². The summed E-state index contributed by atoms with van der Waals surface area (Å²) >= 11 is 0. The zero-order chi connectivity index (χ0) is 20.6.